The molecule has 0 aliphatic rings. The second-order valence-corrected chi connectivity index (χ2v) is 4.10. The van der Waals surface area contributed by atoms with Crippen LogP contribution in [-0.4, -0.2) is 26.0 Å². The first-order valence-corrected chi connectivity index (χ1v) is 5.92. The van der Waals surface area contributed by atoms with Gasteiger partial charge in [0, 0.05) is 0 Å². The van der Waals surface area contributed by atoms with E-state index in [4.69, 9.17) is 9.29 Å². The minimum atomic E-state index is -4.65. The van der Waals surface area contributed by atoms with E-state index in [0.29, 0.717) is 5.56 Å². The molecule has 0 fully saturated rings. The average molecular weight is 312 g/mol. The molecule has 0 atom stereocenters. The first-order valence-electron chi connectivity index (χ1n) is 4.56. The van der Waals surface area contributed by atoms with Crippen LogP contribution in [0.5, 0.6) is 11.5 Å². The van der Waals surface area contributed by atoms with Crippen LogP contribution in [0.1, 0.15) is 5.56 Å². The molecule has 9 heteroatoms. The quantitative estimate of drug-likeness (QED) is 0.343. The van der Waals surface area contributed by atoms with Crippen LogP contribution in [0.4, 0.5) is 0 Å². The molecule has 1 N–H and O–H groups in total. The minimum Gasteiger partial charge on any atom is -0.545 e. The van der Waals surface area contributed by atoms with Gasteiger partial charge in [-0.1, -0.05) is 12.1 Å². The molecule has 0 aliphatic heterocycles. The van der Waals surface area contributed by atoms with Gasteiger partial charge in [0.25, 0.3) is 0 Å². The summed E-state index contributed by atoms with van der Waals surface area (Å²) in [5, 5.41) is 10.2. The maximum Gasteiger partial charge on any atom is 1.00 e. The molecule has 7 nitrogen and oxygen atoms in total. The summed E-state index contributed by atoms with van der Waals surface area (Å²) in [5.74, 6) is -1.56. The fourth-order valence-electron chi connectivity index (χ4n) is 1.13. The van der Waals surface area contributed by atoms with Crippen molar-refractivity contribution in [2.24, 2.45) is 0 Å². The Morgan fingerprint density at radius 1 is 1.37 bits per heavy atom. The number of carbonyl (C=O) groups excluding carboxylic acids is 1. The number of aliphatic carboxylic acids is 1. The molecule has 0 saturated heterocycles. The molecule has 1 aromatic rings. The van der Waals surface area contributed by atoms with E-state index >= 15 is 0 Å². The number of ether oxygens (including phenoxy) is 1. The van der Waals surface area contributed by atoms with Gasteiger partial charge in [0.2, 0.25) is 0 Å². The van der Waals surface area contributed by atoms with Crippen molar-refractivity contribution >= 4 is 22.4 Å². The number of carboxylic acid groups (broad SMARTS) is 1. The zero-order chi connectivity index (χ0) is 13.8. The Morgan fingerprint density at radius 3 is 2.47 bits per heavy atom. The number of carbonyl (C=O) groups is 1. The van der Waals surface area contributed by atoms with Gasteiger partial charge in [-0.25, -0.2) is 0 Å². The van der Waals surface area contributed by atoms with Crippen molar-refractivity contribution in [1.29, 1.82) is 0 Å². The van der Waals surface area contributed by atoms with Crippen LogP contribution in [0.2, 0.25) is 0 Å². The van der Waals surface area contributed by atoms with Gasteiger partial charge >= 0.3 is 61.8 Å². The van der Waals surface area contributed by atoms with Crippen molar-refractivity contribution in [3.05, 3.63) is 29.8 Å². The van der Waals surface area contributed by atoms with E-state index in [-0.39, 0.29) is 62.9 Å². The van der Waals surface area contributed by atoms with E-state index in [9.17, 15) is 18.3 Å². The van der Waals surface area contributed by atoms with Gasteiger partial charge in [-0.2, -0.15) is 8.42 Å². The van der Waals surface area contributed by atoms with Gasteiger partial charge in [0.15, 0.2) is 11.5 Å². The third-order valence-corrected chi connectivity index (χ3v) is 2.18. The summed E-state index contributed by atoms with van der Waals surface area (Å²) in [6, 6.07) is 3.92. The molecule has 0 amide bonds. The number of methoxy groups -OCH3 is 1. The third kappa shape index (κ3) is 7.06. The van der Waals surface area contributed by atoms with Crippen molar-refractivity contribution in [1.82, 2.24) is 0 Å². The summed E-state index contributed by atoms with van der Waals surface area (Å²) >= 11 is 0. The predicted molar refractivity (Wildman–Crippen MR) is 59.2 cm³/mol. The number of benzene rings is 1. The molecule has 1 rings (SSSR count). The Bertz CT molecular complexity index is 580. The smallest absolute Gasteiger partial charge is 0.545 e. The maximum absolute atomic E-state index is 10.5. The van der Waals surface area contributed by atoms with Gasteiger partial charge in [0.1, 0.15) is 0 Å². The normalized spacial score (nSPS) is 10.8. The maximum atomic E-state index is 10.5. The molecule has 0 heterocycles. The molecule has 0 aromatic heterocycles. The minimum absolute atomic E-state index is 0. The van der Waals surface area contributed by atoms with E-state index in [0.717, 1.165) is 6.08 Å². The van der Waals surface area contributed by atoms with Crippen LogP contribution in [0.3, 0.4) is 0 Å². The molecule has 0 radical (unpaired) electrons. The molecule has 0 bridgehead atoms. The second kappa shape index (κ2) is 8.00. The first-order chi connectivity index (χ1) is 8.31. The molecule has 98 valence electrons. The van der Waals surface area contributed by atoms with Crippen molar-refractivity contribution in [3.8, 4) is 11.5 Å². The number of hydrogen-bond acceptors (Lipinski definition) is 6. The SMILES string of the molecule is COc1cc(/C=C/C(=O)[O-])ccc1OS(=O)(=O)O.[K+]. The second-order valence-electron chi connectivity index (χ2n) is 3.07. The molecular formula is C10H9KO7S. The van der Waals surface area contributed by atoms with E-state index in [1.54, 1.807) is 0 Å². The summed E-state index contributed by atoms with van der Waals surface area (Å²) in [4.78, 5) is 10.2. The number of rotatable bonds is 5. The Labute approximate surface area is 152 Å². The topological polar surface area (TPSA) is 113 Å². The number of hydrogen-bond donors (Lipinski definition) is 1. The fraction of sp³-hybridized carbons (Fsp3) is 0.100. The van der Waals surface area contributed by atoms with Crippen molar-refractivity contribution in [3.63, 3.8) is 0 Å². The predicted octanol–water partition coefficient (Wildman–Crippen LogP) is -3.36. The fourth-order valence-corrected chi connectivity index (χ4v) is 1.50. The Kier molecular flexibility index (Phi) is 7.82. The van der Waals surface area contributed by atoms with E-state index in [1.807, 2.05) is 0 Å². The first kappa shape index (κ1) is 18.6. The van der Waals surface area contributed by atoms with Crippen LogP contribution < -0.4 is 65.4 Å². The molecule has 0 spiro atoms. The molecule has 0 saturated carbocycles. The zero-order valence-corrected chi connectivity index (χ0v) is 14.1. The van der Waals surface area contributed by atoms with E-state index in [1.165, 1.54) is 31.4 Å². The Hall–Kier alpha value is -0.424. The molecule has 0 aliphatic carbocycles. The van der Waals surface area contributed by atoms with Crippen molar-refractivity contribution in [2.75, 3.05) is 7.11 Å². The number of carboxylic acids is 1. The van der Waals surface area contributed by atoms with Crippen LogP contribution in [-0.2, 0) is 15.2 Å². The summed E-state index contributed by atoms with van der Waals surface area (Å²) in [6.45, 7) is 0. The zero-order valence-electron chi connectivity index (χ0n) is 10.2. The summed E-state index contributed by atoms with van der Waals surface area (Å²) in [7, 11) is -3.39. The summed E-state index contributed by atoms with van der Waals surface area (Å²) in [5.41, 5.74) is 0.429. The van der Waals surface area contributed by atoms with Crippen LogP contribution in [0.15, 0.2) is 24.3 Å². The summed E-state index contributed by atoms with van der Waals surface area (Å²) in [6.07, 6.45) is 2.03. The monoisotopic (exact) mass is 312 g/mol. The molecule has 19 heavy (non-hydrogen) atoms. The molecular weight excluding hydrogens is 303 g/mol. The van der Waals surface area contributed by atoms with Crippen LogP contribution in [0.25, 0.3) is 6.08 Å². The average Bonchev–Trinajstić information content (AvgIpc) is 2.25. The van der Waals surface area contributed by atoms with Crippen LogP contribution in [0, 0.1) is 0 Å². The summed E-state index contributed by atoms with van der Waals surface area (Å²) < 4.78 is 38.7. The van der Waals surface area contributed by atoms with Gasteiger partial charge in [0.05, 0.1) is 13.1 Å². The van der Waals surface area contributed by atoms with Crippen molar-refractivity contribution < 1.29 is 83.2 Å². The van der Waals surface area contributed by atoms with Gasteiger partial charge in [-0.05, 0) is 23.8 Å². The van der Waals surface area contributed by atoms with Crippen molar-refractivity contribution in [2.45, 2.75) is 0 Å². The van der Waals surface area contributed by atoms with Gasteiger partial charge in [-0.15, -0.1) is 0 Å². The van der Waals surface area contributed by atoms with E-state index < -0.39 is 16.4 Å². The van der Waals surface area contributed by atoms with E-state index in [2.05, 4.69) is 4.18 Å². The Morgan fingerprint density at radius 2 is 2.00 bits per heavy atom. The standard InChI is InChI=1S/C10H10O7S.K/c1-16-9-6-7(3-5-10(11)12)2-4-8(9)17-18(13,14)15;/h2-6H,1H3,(H,11,12)(H,13,14,15);/q;+1/p-1/b5-3+;. The third-order valence-electron chi connectivity index (χ3n) is 1.79. The van der Waals surface area contributed by atoms with Gasteiger partial charge < -0.3 is 18.8 Å². The Balaban J connectivity index is 0.00000324. The largest absolute Gasteiger partial charge is 1.00 e. The van der Waals surface area contributed by atoms with Crippen LogP contribution >= 0.6 is 0 Å². The molecule has 0 unspecified atom stereocenters. The molecule has 1 aromatic carbocycles. The van der Waals surface area contributed by atoms with Gasteiger partial charge in [-0.3, -0.25) is 4.55 Å².